The molecule has 1 aliphatic heterocycles. The van der Waals surface area contributed by atoms with Gasteiger partial charge >= 0.3 is 0 Å². The van der Waals surface area contributed by atoms with Crippen LogP contribution in [0.1, 0.15) is 34.3 Å². The van der Waals surface area contributed by atoms with E-state index in [2.05, 4.69) is 24.4 Å². The highest BCUT2D eigenvalue weighted by molar-refractivity contribution is 5.97. The third-order valence-electron chi connectivity index (χ3n) is 4.88. The lowest BCUT2D eigenvalue weighted by molar-refractivity contribution is 0.0693. The Morgan fingerprint density at radius 3 is 2.76 bits per heavy atom. The Hall–Kier alpha value is -2.33. The third-order valence-corrected chi connectivity index (χ3v) is 4.88. The maximum atomic E-state index is 13.0. The summed E-state index contributed by atoms with van der Waals surface area (Å²) in [6.07, 6.45) is 2.15. The first-order chi connectivity index (χ1) is 12.2. The van der Waals surface area contributed by atoms with Crippen LogP contribution in [0.2, 0.25) is 0 Å². The number of likely N-dealkylation sites (tertiary alicyclic amines) is 1. The van der Waals surface area contributed by atoms with Gasteiger partial charge < -0.3 is 15.0 Å². The Morgan fingerprint density at radius 2 is 1.96 bits per heavy atom. The molecule has 1 fully saturated rings. The van der Waals surface area contributed by atoms with E-state index < -0.39 is 0 Å². The van der Waals surface area contributed by atoms with Crippen molar-refractivity contribution in [2.24, 2.45) is 0 Å². The summed E-state index contributed by atoms with van der Waals surface area (Å²) in [5.74, 6) is 0.711. The van der Waals surface area contributed by atoms with Crippen molar-refractivity contribution in [1.82, 2.24) is 10.2 Å². The number of para-hydroxylation sites is 1. The number of rotatable bonds is 5. The molecule has 2 aromatic rings. The number of piperidine rings is 1. The summed E-state index contributed by atoms with van der Waals surface area (Å²) < 4.78 is 6.01. The van der Waals surface area contributed by atoms with Crippen molar-refractivity contribution in [3.8, 4) is 5.75 Å². The quantitative estimate of drug-likeness (QED) is 0.908. The molecule has 1 saturated heterocycles. The maximum Gasteiger partial charge on any atom is 0.257 e. The fourth-order valence-corrected chi connectivity index (χ4v) is 3.26. The summed E-state index contributed by atoms with van der Waals surface area (Å²) in [5, 5.41) is 3.28. The van der Waals surface area contributed by atoms with E-state index in [4.69, 9.17) is 4.74 Å². The zero-order valence-corrected chi connectivity index (χ0v) is 15.0. The number of carbonyl (C=O) groups is 1. The molecule has 0 saturated carbocycles. The summed E-state index contributed by atoms with van der Waals surface area (Å²) in [7, 11) is 1.96. The summed E-state index contributed by atoms with van der Waals surface area (Å²) in [6, 6.07) is 16.1. The van der Waals surface area contributed by atoms with E-state index in [0.29, 0.717) is 24.0 Å². The van der Waals surface area contributed by atoms with E-state index >= 15 is 0 Å². The standard InChI is InChI=1S/C21H26N2O2/c1-16-8-3-4-9-17(16)15-25-20-12-6-5-11-19(20)21(24)23-13-7-10-18(14-23)22-2/h3-6,8-9,11-12,18,22H,7,10,13-15H2,1-2H3. The number of ether oxygens (including phenoxy) is 1. The van der Waals surface area contributed by atoms with Crippen LogP contribution in [0.4, 0.5) is 0 Å². The second-order valence-corrected chi connectivity index (χ2v) is 6.59. The summed E-state index contributed by atoms with van der Waals surface area (Å²) in [4.78, 5) is 14.9. The van der Waals surface area contributed by atoms with Crippen molar-refractivity contribution in [2.45, 2.75) is 32.4 Å². The third kappa shape index (κ3) is 4.20. The Morgan fingerprint density at radius 1 is 1.20 bits per heavy atom. The second-order valence-electron chi connectivity index (χ2n) is 6.59. The molecule has 132 valence electrons. The number of aryl methyl sites for hydroxylation is 1. The van der Waals surface area contributed by atoms with Gasteiger partial charge in [-0.05, 0) is 50.1 Å². The number of benzene rings is 2. The zero-order valence-electron chi connectivity index (χ0n) is 15.0. The molecule has 1 aliphatic rings. The van der Waals surface area contributed by atoms with Crippen molar-refractivity contribution < 1.29 is 9.53 Å². The first-order valence-electron chi connectivity index (χ1n) is 8.92. The van der Waals surface area contributed by atoms with E-state index in [1.807, 2.05) is 48.3 Å². The van der Waals surface area contributed by atoms with Crippen LogP contribution >= 0.6 is 0 Å². The minimum Gasteiger partial charge on any atom is -0.488 e. The summed E-state index contributed by atoms with van der Waals surface area (Å²) in [5.41, 5.74) is 2.98. The van der Waals surface area contributed by atoms with Crippen LogP contribution in [0.5, 0.6) is 5.75 Å². The molecule has 3 rings (SSSR count). The molecule has 1 atom stereocenters. The molecule has 0 spiro atoms. The van der Waals surface area contributed by atoms with Crippen molar-refractivity contribution in [3.63, 3.8) is 0 Å². The van der Waals surface area contributed by atoms with Gasteiger partial charge in [-0.3, -0.25) is 4.79 Å². The SMILES string of the molecule is CNC1CCCN(C(=O)c2ccccc2OCc2ccccc2C)C1. The molecule has 1 amide bonds. The van der Waals surface area contributed by atoms with Crippen molar-refractivity contribution in [2.75, 3.05) is 20.1 Å². The van der Waals surface area contributed by atoms with Crippen molar-refractivity contribution >= 4 is 5.91 Å². The molecular weight excluding hydrogens is 312 g/mol. The highest BCUT2D eigenvalue weighted by atomic mass is 16.5. The summed E-state index contributed by atoms with van der Waals surface area (Å²) in [6.45, 7) is 4.10. The van der Waals surface area contributed by atoms with E-state index in [1.54, 1.807) is 0 Å². The number of carbonyl (C=O) groups excluding carboxylic acids is 1. The van der Waals surface area contributed by atoms with Gasteiger partial charge in [-0.25, -0.2) is 0 Å². The summed E-state index contributed by atoms with van der Waals surface area (Å²) >= 11 is 0. The molecule has 4 heteroatoms. The molecule has 25 heavy (non-hydrogen) atoms. The molecular formula is C21H26N2O2. The van der Waals surface area contributed by atoms with E-state index in [1.165, 1.54) is 5.56 Å². The molecule has 0 radical (unpaired) electrons. The van der Waals surface area contributed by atoms with Gasteiger partial charge in [0.05, 0.1) is 5.56 Å². The topological polar surface area (TPSA) is 41.6 Å². The van der Waals surface area contributed by atoms with Crippen LogP contribution < -0.4 is 10.1 Å². The van der Waals surface area contributed by atoms with Crippen LogP contribution in [-0.2, 0) is 6.61 Å². The van der Waals surface area contributed by atoms with Crippen LogP contribution in [0, 0.1) is 6.92 Å². The fourth-order valence-electron chi connectivity index (χ4n) is 3.26. The molecule has 1 N–H and O–H groups in total. The zero-order chi connectivity index (χ0) is 17.6. The maximum absolute atomic E-state index is 13.0. The lowest BCUT2D eigenvalue weighted by Gasteiger charge is -2.33. The van der Waals surface area contributed by atoms with Gasteiger partial charge in [0.1, 0.15) is 12.4 Å². The average Bonchev–Trinajstić information content (AvgIpc) is 2.67. The molecule has 0 aromatic heterocycles. The molecule has 2 aromatic carbocycles. The van der Waals surface area contributed by atoms with E-state index in [9.17, 15) is 4.79 Å². The van der Waals surface area contributed by atoms with Crippen LogP contribution in [-0.4, -0.2) is 37.0 Å². The average molecular weight is 338 g/mol. The monoisotopic (exact) mass is 338 g/mol. The van der Waals surface area contributed by atoms with Gasteiger partial charge in [-0.2, -0.15) is 0 Å². The number of hydrogen-bond donors (Lipinski definition) is 1. The highest BCUT2D eigenvalue weighted by Gasteiger charge is 2.25. The predicted molar refractivity (Wildman–Crippen MR) is 99.9 cm³/mol. The van der Waals surface area contributed by atoms with Crippen LogP contribution in [0.25, 0.3) is 0 Å². The normalized spacial score (nSPS) is 17.4. The van der Waals surface area contributed by atoms with E-state index in [-0.39, 0.29) is 5.91 Å². The predicted octanol–water partition coefficient (Wildman–Crippen LogP) is 3.40. The van der Waals surface area contributed by atoms with Crippen LogP contribution in [0.15, 0.2) is 48.5 Å². The largest absolute Gasteiger partial charge is 0.488 e. The van der Waals surface area contributed by atoms with Crippen molar-refractivity contribution in [3.05, 3.63) is 65.2 Å². The van der Waals surface area contributed by atoms with Crippen molar-refractivity contribution in [1.29, 1.82) is 0 Å². The first kappa shape index (κ1) is 17.5. The second kappa shape index (κ2) is 8.17. The molecule has 0 aliphatic carbocycles. The van der Waals surface area contributed by atoms with Gasteiger partial charge in [-0.15, -0.1) is 0 Å². The molecule has 0 bridgehead atoms. The lowest BCUT2D eigenvalue weighted by atomic mass is 10.0. The molecule has 1 heterocycles. The van der Waals surface area contributed by atoms with E-state index in [0.717, 1.165) is 31.5 Å². The fraction of sp³-hybridized carbons (Fsp3) is 0.381. The number of nitrogens with one attached hydrogen (secondary N) is 1. The number of likely N-dealkylation sites (N-methyl/N-ethyl adjacent to an activating group) is 1. The lowest BCUT2D eigenvalue weighted by Crippen LogP contribution is -2.47. The van der Waals surface area contributed by atoms with Gasteiger partial charge in [0.25, 0.3) is 5.91 Å². The number of hydrogen-bond acceptors (Lipinski definition) is 3. The first-order valence-corrected chi connectivity index (χ1v) is 8.92. The minimum atomic E-state index is 0.0559. The van der Waals surface area contributed by atoms with Gasteiger partial charge in [-0.1, -0.05) is 36.4 Å². The smallest absolute Gasteiger partial charge is 0.257 e. The molecule has 4 nitrogen and oxygen atoms in total. The molecule has 1 unspecified atom stereocenters. The number of nitrogens with zero attached hydrogens (tertiary/aromatic N) is 1. The Kier molecular flexibility index (Phi) is 5.71. The Balaban J connectivity index is 1.74. The van der Waals surface area contributed by atoms with Gasteiger partial charge in [0, 0.05) is 19.1 Å². The van der Waals surface area contributed by atoms with Gasteiger partial charge in [0.2, 0.25) is 0 Å². The Bertz CT molecular complexity index is 729. The van der Waals surface area contributed by atoms with Gasteiger partial charge in [0.15, 0.2) is 0 Å². The number of amides is 1. The Labute approximate surface area is 149 Å². The van der Waals surface area contributed by atoms with Crippen LogP contribution in [0.3, 0.4) is 0 Å². The minimum absolute atomic E-state index is 0.0559. The highest BCUT2D eigenvalue weighted by Crippen LogP contribution is 2.23.